The van der Waals surface area contributed by atoms with Crippen LogP contribution in [0, 0.1) is 0 Å². The fourth-order valence-electron chi connectivity index (χ4n) is 2.90. The summed E-state index contributed by atoms with van der Waals surface area (Å²) in [5.74, 6) is -0.856. The minimum atomic E-state index is -0.781. The first-order valence-corrected chi connectivity index (χ1v) is 8.98. The van der Waals surface area contributed by atoms with Gasteiger partial charge in [0.25, 0.3) is 5.91 Å². The average Bonchev–Trinajstić information content (AvgIpc) is 2.68. The van der Waals surface area contributed by atoms with E-state index in [9.17, 15) is 4.79 Å². The fourth-order valence-corrected chi connectivity index (χ4v) is 3.25. The van der Waals surface area contributed by atoms with Gasteiger partial charge in [-0.3, -0.25) is 4.79 Å². The van der Waals surface area contributed by atoms with E-state index in [0.29, 0.717) is 26.7 Å². The van der Waals surface area contributed by atoms with Crippen molar-refractivity contribution in [1.29, 1.82) is 0 Å². The van der Waals surface area contributed by atoms with Gasteiger partial charge in [-0.15, -0.1) is 0 Å². The summed E-state index contributed by atoms with van der Waals surface area (Å²) in [5.41, 5.74) is 14.6. The van der Waals surface area contributed by atoms with Crippen molar-refractivity contribution in [3.8, 4) is 22.4 Å². The Morgan fingerprint density at radius 2 is 1.61 bits per heavy atom. The zero-order valence-corrected chi connectivity index (χ0v) is 15.9. The summed E-state index contributed by atoms with van der Waals surface area (Å²) in [6, 6.07) is 16.5. The maximum Gasteiger partial charge on any atom is 0.286 e. The lowest BCUT2D eigenvalue weighted by molar-refractivity contribution is 0.0991. The normalized spacial score (nSPS) is 10.9. The van der Waals surface area contributed by atoms with E-state index in [1.54, 1.807) is 18.2 Å². The van der Waals surface area contributed by atoms with E-state index in [2.05, 4.69) is 15.0 Å². The molecule has 8 heteroatoms. The number of aromatic nitrogens is 3. The lowest BCUT2D eigenvalue weighted by Crippen LogP contribution is -2.16. The number of hydrogen-bond acceptors (Lipinski definition) is 5. The van der Waals surface area contributed by atoms with Gasteiger partial charge in [0.1, 0.15) is 5.82 Å². The zero-order chi connectivity index (χ0) is 19.8. The van der Waals surface area contributed by atoms with Crippen LogP contribution in [0.5, 0.6) is 0 Å². The number of pyridine rings is 1. The molecule has 0 aliphatic carbocycles. The third-order valence-electron chi connectivity index (χ3n) is 4.22. The molecule has 4 N–H and O–H groups in total. The molecule has 4 rings (SSSR count). The van der Waals surface area contributed by atoms with Crippen molar-refractivity contribution < 1.29 is 4.79 Å². The molecule has 0 saturated carbocycles. The Labute approximate surface area is 170 Å². The summed E-state index contributed by atoms with van der Waals surface area (Å²) in [4.78, 5) is 24.3. The lowest BCUT2D eigenvalue weighted by Gasteiger charge is -2.13. The standard InChI is InChI=1S/C20H13Cl2N5O/c21-11-7-5-10(6-8-11)13-9-14-17(23)26-20(18(24)28)27-19(14)25-16(13)12-3-1-2-4-15(12)22/h1-9H,(H2,24,28)(H2,23,25,26,27). The first kappa shape index (κ1) is 18.2. The molecule has 0 fully saturated rings. The number of rotatable bonds is 3. The first-order chi connectivity index (χ1) is 13.4. The molecule has 0 aliphatic rings. The van der Waals surface area contributed by atoms with Crippen molar-refractivity contribution in [3.05, 3.63) is 70.5 Å². The summed E-state index contributed by atoms with van der Waals surface area (Å²) >= 11 is 12.4. The Kier molecular flexibility index (Phi) is 4.58. The van der Waals surface area contributed by atoms with Gasteiger partial charge >= 0.3 is 0 Å². The first-order valence-electron chi connectivity index (χ1n) is 8.23. The van der Waals surface area contributed by atoms with Crippen LogP contribution in [-0.4, -0.2) is 20.9 Å². The number of nitrogens with two attached hydrogens (primary N) is 2. The van der Waals surface area contributed by atoms with Crippen molar-refractivity contribution in [1.82, 2.24) is 15.0 Å². The van der Waals surface area contributed by atoms with Crippen LogP contribution in [0.15, 0.2) is 54.6 Å². The second-order valence-corrected chi connectivity index (χ2v) is 6.88. The largest absolute Gasteiger partial charge is 0.383 e. The van der Waals surface area contributed by atoms with Gasteiger partial charge in [-0.25, -0.2) is 15.0 Å². The van der Waals surface area contributed by atoms with E-state index in [1.807, 2.05) is 36.4 Å². The number of nitrogens with zero attached hydrogens (tertiary/aromatic N) is 3. The molecular formula is C20H13Cl2N5O. The third kappa shape index (κ3) is 3.24. The van der Waals surface area contributed by atoms with Crippen molar-refractivity contribution in [2.45, 2.75) is 0 Å². The Hall–Kier alpha value is -3.22. The average molecular weight is 410 g/mol. The van der Waals surface area contributed by atoms with Gasteiger partial charge in [0.05, 0.1) is 11.1 Å². The maximum absolute atomic E-state index is 11.5. The Morgan fingerprint density at radius 3 is 2.29 bits per heavy atom. The second kappa shape index (κ2) is 7.07. The van der Waals surface area contributed by atoms with Gasteiger partial charge in [0, 0.05) is 21.2 Å². The molecule has 0 bridgehead atoms. The molecule has 0 atom stereocenters. The van der Waals surface area contributed by atoms with Crippen LogP contribution in [0.25, 0.3) is 33.4 Å². The highest BCUT2D eigenvalue weighted by molar-refractivity contribution is 6.33. The smallest absolute Gasteiger partial charge is 0.286 e. The number of halogens is 2. The summed E-state index contributed by atoms with van der Waals surface area (Å²) in [7, 11) is 0. The molecule has 0 unspecified atom stereocenters. The number of hydrogen-bond donors (Lipinski definition) is 2. The van der Waals surface area contributed by atoms with E-state index in [0.717, 1.165) is 11.1 Å². The summed E-state index contributed by atoms with van der Waals surface area (Å²) < 4.78 is 0. The highest BCUT2D eigenvalue weighted by atomic mass is 35.5. The molecule has 4 aromatic rings. The minimum absolute atomic E-state index is 0.118. The Morgan fingerprint density at radius 1 is 0.893 bits per heavy atom. The molecule has 6 nitrogen and oxygen atoms in total. The van der Waals surface area contributed by atoms with Crippen molar-refractivity contribution >= 4 is 46.0 Å². The number of nitrogen functional groups attached to an aromatic ring is 1. The second-order valence-electron chi connectivity index (χ2n) is 6.04. The predicted molar refractivity (Wildman–Crippen MR) is 111 cm³/mol. The number of carbonyl (C=O) groups is 1. The molecule has 2 heterocycles. The molecule has 0 saturated heterocycles. The Balaban J connectivity index is 2.08. The summed E-state index contributed by atoms with van der Waals surface area (Å²) in [6.07, 6.45) is 0. The number of benzene rings is 2. The van der Waals surface area contributed by atoms with E-state index in [1.165, 1.54) is 0 Å². The fraction of sp³-hybridized carbons (Fsp3) is 0. The maximum atomic E-state index is 11.5. The third-order valence-corrected chi connectivity index (χ3v) is 4.80. The van der Waals surface area contributed by atoms with E-state index >= 15 is 0 Å². The number of fused-ring (bicyclic) bond motifs is 1. The van der Waals surface area contributed by atoms with Crippen LogP contribution in [0.1, 0.15) is 10.6 Å². The lowest BCUT2D eigenvalue weighted by atomic mass is 9.98. The van der Waals surface area contributed by atoms with Crippen molar-refractivity contribution in [2.24, 2.45) is 5.73 Å². The molecule has 0 spiro atoms. The number of anilines is 1. The van der Waals surface area contributed by atoms with Crippen molar-refractivity contribution in [2.75, 3.05) is 5.73 Å². The van der Waals surface area contributed by atoms with Gasteiger partial charge in [0.15, 0.2) is 5.65 Å². The number of carbonyl (C=O) groups excluding carboxylic acids is 1. The quantitative estimate of drug-likeness (QED) is 0.522. The molecule has 138 valence electrons. The van der Waals surface area contributed by atoms with Crippen LogP contribution in [0.3, 0.4) is 0 Å². The Bertz CT molecular complexity index is 1230. The molecule has 0 aliphatic heterocycles. The number of primary amides is 1. The molecule has 2 aromatic heterocycles. The van der Waals surface area contributed by atoms with Gasteiger partial charge in [-0.05, 0) is 29.8 Å². The molecule has 0 radical (unpaired) electrons. The number of amides is 1. The van der Waals surface area contributed by atoms with Crippen LogP contribution in [0.4, 0.5) is 5.82 Å². The minimum Gasteiger partial charge on any atom is -0.383 e. The summed E-state index contributed by atoms with van der Waals surface area (Å²) in [6.45, 7) is 0. The van der Waals surface area contributed by atoms with Crippen molar-refractivity contribution in [3.63, 3.8) is 0 Å². The highest BCUT2D eigenvalue weighted by Gasteiger charge is 2.18. The van der Waals surface area contributed by atoms with E-state index in [4.69, 9.17) is 34.7 Å². The van der Waals surface area contributed by atoms with E-state index in [-0.39, 0.29) is 17.3 Å². The monoisotopic (exact) mass is 409 g/mol. The molecule has 28 heavy (non-hydrogen) atoms. The highest BCUT2D eigenvalue weighted by Crippen LogP contribution is 2.37. The van der Waals surface area contributed by atoms with E-state index < -0.39 is 5.91 Å². The topological polar surface area (TPSA) is 108 Å². The van der Waals surface area contributed by atoms with Crippen LogP contribution >= 0.6 is 23.2 Å². The molecule has 1 amide bonds. The van der Waals surface area contributed by atoms with Crippen LogP contribution < -0.4 is 11.5 Å². The van der Waals surface area contributed by atoms with Crippen LogP contribution in [-0.2, 0) is 0 Å². The SMILES string of the molecule is NC(=O)c1nc(N)c2cc(-c3ccc(Cl)cc3)c(-c3ccccc3Cl)nc2n1. The molecular weight excluding hydrogens is 397 g/mol. The zero-order valence-electron chi connectivity index (χ0n) is 14.4. The van der Waals surface area contributed by atoms with Crippen LogP contribution in [0.2, 0.25) is 10.0 Å². The summed E-state index contributed by atoms with van der Waals surface area (Å²) in [5, 5.41) is 1.65. The van der Waals surface area contributed by atoms with Gasteiger partial charge < -0.3 is 11.5 Å². The van der Waals surface area contributed by atoms with Gasteiger partial charge in [-0.2, -0.15) is 0 Å². The molecule has 2 aromatic carbocycles. The van der Waals surface area contributed by atoms with Gasteiger partial charge in [-0.1, -0.05) is 53.5 Å². The predicted octanol–water partition coefficient (Wildman–Crippen LogP) is 4.35. The van der Waals surface area contributed by atoms with Gasteiger partial charge in [0.2, 0.25) is 5.82 Å².